The number of hydrogen-bond acceptors (Lipinski definition) is 2. The van der Waals surface area contributed by atoms with Crippen LogP contribution >= 0.6 is 15.9 Å². The summed E-state index contributed by atoms with van der Waals surface area (Å²) in [5.41, 5.74) is 0.639. The van der Waals surface area contributed by atoms with Crippen molar-refractivity contribution in [1.82, 2.24) is 0 Å². The number of anilines is 1. The van der Waals surface area contributed by atoms with Crippen LogP contribution in [0.2, 0.25) is 0 Å². The molecule has 2 rings (SSSR count). The number of imide groups is 1. The molecule has 0 N–H and O–H groups in total. The van der Waals surface area contributed by atoms with E-state index in [9.17, 15) is 9.59 Å². The van der Waals surface area contributed by atoms with Gasteiger partial charge in [-0.15, -0.1) is 0 Å². The van der Waals surface area contributed by atoms with Crippen molar-refractivity contribution in [3.05, 3.63) is 28.7 Å². The van der Waals surface area contributed by atoms with Crippen LogP contribution in [0.15, 0.2) is 28.7 Å². The lowest BCUT2D eigenvalue weighted by Crippen LogP contribution is -2.30. The first kappa shape index (κ1) is 11.3. The molecule has 1 heterocycles. The summed E-state index contributed by atoms with van der Waals surface area (Å²) < 4.78 is 0.859. The van der Waals surface area contributed by atoms with E-state index in [2.05, 4.69) is 15.9 Å². The topological polar surface area (TPSA) is 37.4 Å². The fourth-order valence-electron chi connectivity index (χ4n) is 1.81. The highest BCUT2D eigenvalue weighted by Crippen LogP contribution is 2.31. The van der Waals surface area contributed by atoms with Crippen LogP contribution in [0.3, 0.4) is 0 Å². The second kappa shape index (κ2) is 4.01. The number of rotatable bonds is 1. The SMILES string of the molecule is CC1C(=O)N(c2cccc(Br)c2)C(=O)C1C. The average Bonchev–Trinajstić information content (AvgIpc) is 2.44. The first-order valence-corrected chi connectivity index (χ1v) is 5.95. The molecular formula is C12H12BrNO2. The predicted molar refractivity (Wildman–Crippen MR) is 65.0 cm³/mol. The molecule has 1 aromatic carbocycles. The van der Waals surface area contributed by atoms with Crippen LogP contribution in [-0.4, -0.2) is 11.8 Å². The van der Waals surface area contributed by atoms with Gasteiger partial charge in [0.05, 0.1) is 5.69 Å². The van der Waals surface area contributed by atoms with E-state index in [1.165, 1.54) is 4.90 Å². The van der Waals surface area contributed by atoms with Crippen LogP contribution in [-0.2, 0) is 9.59 Å². The molecule has 0 radical (unpaired) electrons. The Morgan fingerprint density at radius 2 is 1.69 bits per heavy atom. The van der Waals surface area contributed by atoms with Gasteiger partial charge in [0.1, 0.15) is 0 Å². The monoisotopic (exact) mass is 281 g/mol. The first-order valence-electron chi connectivity index (χ1n) is 5.15. The Labute approximate surface area is 103 Å². The Bertz CT molecular complexity index is 438. The molecule has 2 unspecified atom stereocenters. The number of hydrogen-bond donors (Lipinski definition) is 0. The van der Waals surface area contributed by atoms with Gasteiger partial charge in [0, 0.05) is 16.3 Å². The summed E-state index contributed by atoms with van der Waals surface area (Å²) in [6, 6.07) is 7.22. The van der Waals surface area contributed by atoms with E-state index >= 15 is 0 Å². The van der Waals surface area contributed by atoms with Gasteiger partial charge in [-0.05, 0) is 18.2 Å². The van der Waals surface area contributed by atoms with Crippen molar-refractivity contribution in [1.29, 1.82) is 0 Å². The zero-order chi connectivity index (χ0) is 11.9. The summed E-state index contributed by atoms with van der Waals surface area (Å²) in [6.07, 6.45) is 0. The van der Waals surface area contributed by atoms with Gasteiger partial charge in [-0.2, -0.15) is 0 Å². The lowest BCUT2D eigenvalue weighted by Gasteiger charge is -2.14. The molecule has 0 spiro atoms. The van der Waals surface area contributed by atoms with E-state index in [-0.39, 0.29) is 23.7 Å². The molecule has 1 saturated heterocycles. The van der Waals surface area contributed by atoms with Gasteiger partial charge in [-0.3, -0.25) is 14.5 Å². The van der Waals surface area contributed by atoms with Crippen LogP contribution in [0.25, 0.3) is 0 Å². The van der Waals surface area contributed by atoms with Crippen LogP contribution in [0, 0.1) is 11.8 Å². The smallest absolute Gasteiger partial charge is 0.237 e. The molecular weight excluding hydrogens is 270 g/mol. The number of amides is 2. The van der Waals surface area contributed by atoms with E-state index in [1.807, 2.05) is 12.1 Å². The van der Waals surface area contributed by atoms with Gasteiger partial charge in [0.15, 0.2) is 0 Å². The Morgan fingerprint density at radius 3 is 2.19 bits per heavy atom. The third-order valence-electron chi connectivity index (χ3n) is 3.04. The standard InChI is InChI=1S/C12H12BrNO2/c1-7-8(2)12(16)14(11(7)15)10-5-3-4-9(13)6-10/h3-8H,1-2H3. The third kappa shape index (κ3) is 1.67. The molecule has 0 aromatic heterocycles. The molecule has 1 fully saturated rings. The molecule has 4 heteroatoms. The summed E-state index contributed by atoms with van der Waals surface area (Å²) in [6.45, 7) is 3.59. The van der Waals surface area contributed by atoms with Crippen molar-refractivity contribution in [3.63, 3.8) is 0 Å². The molecule has 2 amide bonds. The first-order chi connectivity index (χ1) is 7.52. The van der Waals surface area contributed by atoms with E-state index < -0.39 is 0 Å². The minimum absolute atomic E-state index is 0.115. The highest BCUT2D eigenvalue weighted by Gasteiger charge is 2.42. The lowest BCUT2D eigenvalue weighted by molar-refractivity contribution is -0.122. The fraction of sp³-hybridized carbons (Fsp3) is 0.333. The molecule has 3 nitrogen and oxygen atoms in total. The van der Waals surface area contributed by atoms with E-state index in [0.29, 0.717) is 5.69 Å². The highest BCUT2D eigenvalue weighted by molar-refractivity contribution is 9.10. The highest BCUT2D eigenvalue weighted by atomic mass is 79.9. The summed E-state index contributed by atoms with van der Waals surface area (Å²) >= 11 is 3.33. The molecule has 2 atom stereocenters. The van der Waals surface area contributed by atoms with Gasteiger partial charge in [-0.25, -0.2) is 0 Å². The van der Waals surface area contributed by atoms with Crippen molar-refractivity contribution in [3.8, 4) is 0 Å². The molecule has 0 aliphatic carbocycles. The van der Waals surface area contributed by atoms with Gasteiger partial charge in [-0.1, -0.05) is 35.8 Å². The number of nitrogens with zero attached hydrogens (tertiary/aromatic N) is 1. The Morgan fingerprint density at radius 1 is 1.12 bits per heavy atom. The van der Waals surface area contributed by atoms with Crippen LogP contribution < -0.4 is 4.90 Å². The largest absolute Gasteiger partial charge is 0.274 e. The number of halogens is 1. The summed E-state index contributed by atoms with van der Waals surface area (Å²) in [5, 5.41) is 0. The molecule has 84 valence electrons. The van der Waals surface area contributed by atoms with E-state index in [1.54, 1.807) is 26.0 Å². The normalized spacial score (nSPS) is 25.3. The number of carbonyl (C=O) groups excluding carboxylic acids is 2. The maximum atomic E-state index is 11.9. The quantitative estimate of drug-likeness (QED) is 0.742. The summed E-state index contributed by atoms with van der Waals surface area (Å²) in [7, 11) is 0. The lowest BCUT2D eigenvalue weighted by atomic mass is 10.00. The van der Waals surface area contributed by atoms with Crippen LogP contribution in [0.4, 0.5) is 5.69 Å². The van der Waals surface area contributed by atoms with Gasteiger partial charge < -0.3 is 0 Å². The second-order valence-corrected chi connectivity index (χ2v) is 4.98. The van der Waals surface area contributed by atoms with E-state index in [0.717, 1.165) is 4.47 Å². The minimum Gasteiger partial charge on any atom is -0.274 e. The van der Waals surface area contributed by atoms with Crippen molar-refractivity contribution in [2.45, 2.75) is 13.8 Å². The Balaban J connectivity index is 2.42. The molecule has 1 aromatic rings. The average molecular weight is 282 g/mol. The number of carbonyl (C=O) groups is 2. The minimum atomic E-state index is -0.230. The zero-order valence-electron chi connectivity index (χ0n) is 9.11. The molecule has 1 aliphatic rings. The van der Waals surface area contributed by atoms with Gasteiger partial charge in [0.2, 0.25) is 11.8 Å². The second-order valence-electron chi connectivity index (χ2n) is 4.07. The Hall–Kier alpha value is -1.16. The molecule has 16 heavy (non-hydrogen) atoms. The Kier molecular flexibility index (Phi) is 2.84. The molecule has 1 aliphatic heterocycles. The maximum Gasteiger partial charge on any atom is 0.237 e. The fourth-order valence-corrected chi connectivity index (χ4v) is 2.20. The van der Waals surface area contributed by atoms with E-state index in [4.69, 9.17) is 0 Å². The van der Waals surface area contributed by atoms with Crippen LogP contribution in [0.1, 0.15) is 13.8 Å². The van der Waals surface area contributed by atoms with Crippen molar-refractivity contribution < 1.29 is 9.59 Å². The van der Waals surface area contributed by atoms with Gasteiger partial charge >= 0.3 is 0 Å². The van der Waals surface area contributed by atoms with Crippen LogP contribution in [0.5, 0.6) is 0 Å². The molecule has 0 bridgehead atoms. The van der Waals surface area contributed by atoms with Crippen molar-refractivity contribution >= 4 is 33.4 Å². The van der Waals surface area contributed by atoms with Crippen molar-refractivity contribution in [2.75, 3.05) is 4.90 Å². The zero-order valence-corrected chi connectivity index (χ0v) is 10.7. The molecule has 0 saturated carbocycles. The maximum absolute atomic E-state index is 11.9. The van der Waals surface area contributed by atoms with Gasteiger partial charge in [0.25, 0.3) is 0 Å². The predicted octanol–water partition coefficient (Wildman–Crippen LogP) is 2.59. The summed E-state index contributed by atoms with van der Waals surface area (Å²) in [5.74, 6) is -0.691. The van der Waals surface area contributed by atoms with Crippen molar-refractivity contribution in [2.24, 2.45) is 11.8 Å². The number of benzene rings is 1. The summed E-state index contributed by atoms with van der Waals surface area (Å²) in [4.78, 5) is 25.1. The third-order valence-corrected chi connectivity index (χ3v) is 3.53.